The van der Waals surface area contributed by atoms with Crippen LogP contribution in [-0.2, 0) is 25.7 Å². The number of likely N-dealkylation sites (tertiary alicyclic amines) is 1. The fourth-order valence-corrected chi connectivity index (χ4v) is 4.06. The number of carboxylic acid groups (broad SMARTS) is 2. The van der Waals surface area contributed by atoms with Gasteiger partial charge in [-0.3, -0.25) is 9.78 Å². The molecule has 2 aromatic rings. The smallest absolute Gasteiger partial charge is 0.475 e. The van der Waals surface area contributed by atoms with E-state index in [9.17, 15) is 31.1 Å². The summed E-state index contributed by atoms with van der Waals surface area (Å²) in [5.41, 5.74) is 1.22. The number of hydrogen-bond donors (Lipinski definition) is 2. The van der Waals surface area contributed by atoms with Crippen molar-refractivity contribution in [3.63, 3.8) is 0 Å². The predicted molar refractivity (Wildman–Crippen MR) is 121 cm³/mol. The Morgan fingerprint density at radius 2 is 1.72 bits per heavy atom. The first kappa shape index (κ1) is 31.9. The summed E-state index contributed by atoms with van der Waals surface area (Å²) in [6, 6.07) is 5.39. The zero-order chi connectivity index (χ0) is 29.4. The van der Waals surface area contributed by atoms with Gasteiger partial charge in [0.05, 0.1) is 36.5 Å². The minimum Gasteiger partial charge on any atom is -0.475 e. The molecule has 10 nitrogen and oxygen atoms in total. The SMILES string of the molecule is Cc1nc(COC2CCOC3(C2)CN(C(=O)c2ccccn2)C3)cs1.O=C(O)C(F)(F)F.O=C(O)C(F)(F)F. The van der Waals surface area contributed by atoms with Gasteiger partial charge in [0.2, 0.25) is 0 Å². The number of amides is 1. The summed E-state index contributed by atoms with van der Waals surface area (Å²) in [6.07, 6.45) is -6.66. The van der Waals surface area contributed by atoms with Crippen molar-refractivity contribution < 1.29 is 60.4 Å². The number of halogens is 6. The van der Waals surface area contributed by atoms with Crippen LogP contribution in [0, 0.1) is 6.92 Å². The summed E-state index contributed by atoms with van der Waals surface area (Å²) in [5, 5.41) is 17.4. The lowest BCUT2D eigenvalue weighted by atomic mass is 9.84. The van der Waals surface area contributed by atoms with Crippen LogP contribution in [0.2, 0.25) is 0 Å². The average molecular weight is 587 g/mol. The third-order valence-corrected chi connectivity index (χ3v) is 6.02. The largest absolute Gasteiger partial charge is 0.490 e. The van der Waals surface area contributed by atoms with Gasteiger partial charge in [-0.2, -0.15) is 26.3 Å². The number of aromatic nitrogens is 2. The molecular formula is C22H23F6N3O7S. The maximum atomic E-state index is 12.4. The van der Waals surface area contributed by atoms with Crippen molar-refractivity contribution in [2.24, 2.45) is 0 Å². The second-order valence-corrected chi connectivity index (χ2v) is 9.36. The number of nitrogens with zero attached hydrogens (tertiary/aromatic N) is 3. The Bertz CT molecular complexity index is 1100. The Morgan fingerprint density at radius 3 is 2.18 bits per heavy atom. The van der Waals surface area contributed by atoms with Crippen LogP contribution in [0.4, 0.5) is 26.3 Å². The van der Waals surface area contributed by atoms with Crippen LogP contribution in [0.1, 0.15) is 34.0 Å². The number of alkyl halides is 6. The van der Waals surface area contributed by atoms with Crippen LogP contribution >= 0.6 is 11.3 Å². The molecule has 0 radical (unpaired) electrons. The number of thiazole rings is 1. The number of aryl methyl sites for hydroxylation is 1. The number of rotatable bonds is 4. The minimum absolute atomic E-state index is 0.0317. The highest BCUT2D eigenvalue weighted by molar-refractivity contribution is 7.09. The first-order chi connectivity index (χ1) is 18.0. The molecule has 4 rings (SSSR count). The van der Waals surface area contributed by atoms with Gasteiger partial charge in [-0.15, -0.1) is 11.3 Å². The molecule has 1 spiro atoms. The van der Waals surface area contributed by atoms with E-state index in [0.29, 0.717) is 32.0 Å². The fraction of sp³-hybridized carbons (Fsp3) is 0.500. The molecule has 1 unspecified atom stereocenters. The number of carbonyl (C=O) groups is 3. The molecule has 2 fully saturated rings. The summed E-state index contributed by atoms with van der Waals surface area (Å²) < 4.78 is 75.5. The standard InChI is InChI=1S/C18H21N3O3S.2C2HF3O2/c1-13-20-14(10-25-13)9-23-15-5-7-24-18(8-15)11-21(12-18)17(22)16-4-2-3-6-19-16;2*3-2(4,5)1(6)7/h2-4,6,10,15H,5,7-9,11-12H2,1H3;2*(H,6,7). The van der Waals surface area contributed by atoms with E-state index in [4.69, 9.17) is 29.3 Å². The zero-order valence-electron chi connectivity index (χ0n) is 20.2. The Kier molecular flexibility index (Phi) is 10.8. The Hall–Kier alpha value is -3.31. The van der Waals surface area contributed by atoms with Crippen molar-refractivity contribution in [3.8, 4) is 0 Å². The highest BCUT2D eigenvalue weighted by atomic mass is 32.1. The molecule has 2 aliphatic rings. The van der Waals surface area contributed by atoms with Crippen molar-refractivity contribution >= 4 is 29.2 Å². The number of carbonyl (C=O) groups excluding carboxylic acids is 1. The van der Waals surface area contributed by atoms with Gasteiger partial charge in [-0.1, -0.05) is 6.07 Å². The van der Waals surface area contributed by atoms with E-state index < -0.39 is 24.3 Å². The Balaban J connectivity index is 0.000000317. The van der Waals surface area contributed by atoms with Gasteiger partial charge in [0, 0.05) is 24.6 Å². The van der Waals surface area contributed by atoms with Gasteiger partial charge in [0.25, 0.3) is 5.91 Å². The van der Waals surface area contributed by atoms with E-state index in [2.05, 4.69) is 9.97 Å². The van der Waals surface area contributed by atoms with Crippen LogP contribution in [0.15, 0.2) is 29.8 Å². The zero-order valence-corrected chi connectivity index (χ0v) is 21.0. The van der Waals surface area contributed by atoms with E-state index in [1.54, 1.807) is 28.5 Å². The third-order valence-electron chi connectivity index (χ3n) is 5.20. The molecule has 0 aromatic carbocycles. The molecule has 39 heavy (non-hydrogen) atoms. The van der Waals surface area contributed by atoms with Crippen molar-refractivity contribution in [1.29, 1.82) is 0 Å². The topological polar surface area (TPSA) is 139 Å². The summed E-state index contributed by atoms with van der Waals surface area (Å²) in [7, 11) is 0. The summed E-state index contributed by atoms with van der Waals surface area (Å²) in [4.78, 5) is 40.6. The molecule has 0 aliphatic carbocycles. The Morgan fingerprint density at radius 1 is 1.13 bits per heavy atom. The van der Waals surface area contributed by atoms with Crippen molar-refractivity contribution in [2.45, 2.75) is 50.4 Å². The highest BCUT2D eigenvalue weighted by Crippen LogP contribution is 2.36. The summed E-state index contributed by atoms with van der Waals surface area (Å²) in [5.74, 6) is -5.55. The van der Waals surface area contributed by atoms with E-state index in [0.717, 1.165) is 23.5 Å². The second kappa shape index (κ2) is 13.2. The number of carboxylic acids is 2. The third kappa shape index (κ3) is 10.1. The first-order valence-corrected chi connectivity index (χ1v) is 11.9. The monoisotopic (exact) mass is 587 g/mol. The predicted octanol–water partition coefficient (Wildman–Crippen LogP) is 3.70. The van der Waals surface area contributed by atoms with Crippen LogP contribution < -0.4 is 0 Å². The number of pyridine rings is 1. The number of aliphatic carboxylic acids is 2. The highest BCUT2D eigenvalue weighted by Gasteiger charge is 2.50. The average Bonchev–Trinajstić information content (AvgIpc) is 3.26. The van der Waals surface area contributed by atoms with E-state index in [-0.39, 0.29) is 17.6 Å². The normalized spacial score (nSPS) is 18.1. The molecule has 0 bridgehead atoms. The molecule has 2 saturated heterocycles. The second-order valence-electron chi connectivity index (χ2n) is 8.30. The molecule has 1 amide bonds. The van der Waals surface area contributed by atoms with Crippen molar-refractivity contribution in [3.05, 3.63) is 46.2 Å². The van der Waals surface area contributed by atoms with Crippen LogP contribution in [0.25, 0.3) is 0 Å². The van der Waals surface area contributed by atoms with E-state index in [1.165, 1.54) is 0 Å². The summed E-state index contributed by atoms with van der Waals surface area (Å²) in [6.45, 7) is 4.43. The lowest BCUT2D eigenvalue weighted by Crippen LogP contribution is -2.67. The molecule has 17 heteroatoms. The van der Waals surface area contributed by atoms with Crippen LogP contribution in [0.5, 0.6) is 0 Å². The molecule has 2 N–H and O–H groups in total. The quantitative estimate of drug-likeness (QED) is 0.513. The van der Waals surface area contributed by atoms with Gasteiger partial charge in [0.1, 0.15) is 11.3 Å². The molecule has 4 heterocycles. The first-order valence-electron chi connectivity index (χ1n) is 11.0. The molecule has 2 aromatic heterocycles. The van der Waals surface area contributed by atoms with Gasteiger partial charge in [0.15, 0.2) is 0 Å². The number of ether oxygens (including phenoxy) is 2. The fourth-order valence-electron chi connectivity index (χ4n) is 3.47. The number of hydrogen-bond acceptors (Lipinski definition) is 8. The maximum Gasteiger partial charge on any atom is 0.490 e. The lowest BCUT2D eigenvalue weighted by Gasteiger charge is -2.52. The van der Waals surface area contributed by atoms with Gasteiger partial charge in [-0.05, 0) is 25.5 Å². The lowest BCUT2D eigenvalue weighted by molar-refractivity contribution is -0.193. The van der Waals surface area contributed by atoms with Gasteiger partial charge in [-0.25, -0.2) is 14.6 Å². The minimum atomic E-state index is -5.08. The molecule has 2 aliphatic heterocycles. The van der Waals surface area contributed by atoms with Crippen molar-refractivity contribution in [1.82, 2.24) is 14.9 Å². The summed E-state index contributed by atoms with van der Waals surface area (Å²) >= 11 is 1.64. The Labute approximate surface area is 221 Å². The molecule has 216 valence electrons. The molecule has 0 saturated carbocycles. The molecule has 1 atom stereocenters. The van der Waals surface area contributed by atoms with Gasteiger partial charge < -0.3 is 24.6 Å². The maximum absolute atomic E-state index is 12.4. The van der Waals surface area contributed by atoms with Crippen molar-refractivity contribution in [2.75, 3.05) is 19.7 Å². The molecular weight excluding hydrogens is 564 g/mol. The van der Waals surface area contributed by atoms with Crippen LogP contribution in [-0.4, -0.2) is 86.7 Å². The van der Waals surface area contributed by atoms with Gasteiger partial charge >= 0.3 is 24.3 Å². The van der Waals surface area contributed by atoms with E-state index in [1.807, 2.05) is 24.4 Å². The van der Waals surface area contributed by atoms with E-state index >= 15 is 0 Å². The van der Waals surface area contributed by atoms with Crippen LogP contribution in [0.3, 0.4) is 0 Å².